The highest BCUT2D eigenvalue weighted by atomic mass is 79.9. The van der Waals surface area contributed by atoms with Gasteiger partial charge in [0.25, 0.3) is 5.91 Å². The molecule has 1 heterocycles. The number of benzene rings is 1. The van der Waals surface area contributed by atoms with Crippen molar-refractivity contribution < 1.29 is 19.5 Å². The lowest BCUT2D eigenvalue weighted by Crippen LogP contribution is -2.45. The zero-order valence-corrected chi connectivity index (χ0v) is 19.2. The first-order chi connectivity index (χ1) is 14.5. The number of aliphatic carboxylic acids is 1. The van der Waals surface area contributed by atoms with E-state index in [1.165, 1.54) is 49.8 Å². The van der Waals surface area contributed by atoms with Gasteiger partial charge in [0.05, 0.1) is 0 Å². The van der Waals surface area contributed by atoms with Crippen molar-refractivity contribution in [3.8, 4) is 0 Å². The van der Waals surface area contributed by atoms with Gasteiger partial charge in [0.1, 0.15) is 6.04 Å². The Bertz CT molecular complexity index is 738. The molecule has 0 saturated heterocycles. The Morgan fingerprint density at radius 2 is 1.70 bits per heavy atom. The minimum Gasteiger partial charge on any atom is -0.481 e. The predicted molar refractivity (Wildman–Crippen MR) is 121 cm³/mol. The van der Waals surface area contributed by atoms with Gasteiger partial charge in [-0.05, 0) is 42.9 Å². The number of unbranched alkanes of at least 4 members (excludes halogenated alkanes) is 7. The number of carbonyl (C=O) groups is 3. The smallest absolute Gasteiger partial charge is 0.303 e. The lowest BCUT2D eigenvalue weighted by molar-refractivity contribution is -0.137. The fourth-order valence-electron chi connectivity index (χ4n) is 4.09. The summed E-state index contributed by atoms with van der Waals surface area (Å²) in [5, 5.41) is 10.0. The van der Waals surface area contributed by atoms with E-state index in [-0.39, 0.29) is 18.7 Å². The summed E-state index contributed by atoms with van der Waals surface area (Å²) in [7, 11) is 0. The van der Waals surface area contributed by atoms with Crippen LogP contribution < -0.4 is 5.73 Å². The van der Waals surface area contributed by atoms with Crippen LogP contribution in [0.1, 0.15) is 85.7 Å². The van der Waals surface area contributed by atoms with Gasteiger partial charge in [-0.25, -0.2) is 0 Å². The molecule has 0 radical (unpaired) electrons. The Balaban J connectivity index is 1.88. The van der Waals surface area contributed by atoms with E-state index in [0.29, 0.717) is 12.1 Å². The van der Waals surface area contributed by atoms with Gasteiger partial charge >= 0.3 is 5.97 Å². The third kappa shape index (κ3) is 7.11. The van der Waals surface area contributed by atoms with Crippen molar-refractivity contribution in [1.82, 2.24) is 4.90 Å². The van der Waals surface area contributed by atoms with E-state index in [4.69, 9.17) is 10.8 Å². The number of halogens is 1. The maximum Gasteiger partial charge on any atom is 0.303 e. The molecule has 0 fully saturated rings. The Hall–Kier alpha value is -1.89. The molecule has 6 nitrogen and oxygen atoms in total. The zero-order valence-electron chi connectivity index (χ0n) is 17.6. The number of aryl methyl sites for hydroxylation is 1. The third-order valence-corrected chi connectivity index (χ3v) is 6.32. The average Bonchev–Trinajstić information content (AvgIpc) is 3.04. The summed E-state index contributed by atoms with van der Waals surface area (Å²) in [6, 6.07) is 4.82. The van der Waals surface area contributed by atoms with Crippen LogP contribution in [0.25, 0.3) is 0 Å². The quantitative estimate of drug-likeness (QED) is 0.286. The largest absolute Gasteiger partial charge is 0.481 e. The van der Waals surface area contributed by atoms with Crippen LogP contribution in [-0.2, 0) is 22.6 Å². The molecule has 0 bridgehead atoms. The molecule has 0 aliphatic carbocycles. The monoisotopic (exact) mass is 480 g/mol. The van der Waals surface area contributed by atoms with Crippen LogP contribution >= 0.6 is 15.9 Å². The van der Waals surface area contributed by atoms with Crippen LogP contribution in [0.15, 0.2) is 18.2 Å². The second-order valence-corrected chi connectivity index (χ2v) is 8.79. The molecule has 30 heavy (non-hydrogen) atoms. The summed E-state index contributed by atoms with van der Waals surface area (Å²) in [6.45, 7) is 0.325. The number of nitrogens with zero attached hydrogens (tertiary/aromatic N) is 1. The van der Waals surface area contributed by atoms with Crippen molar-refractivity contribution in [2.75, 3.05) is 5.33 Å². The zero-order chi connectivity index (χ0) is 21.9. The molecule has 1 aliphatic heterocycles. The third-order valence-electron chi connectivity index (χ3n) is 5.76. The number of carboxylic acids is 1. The summed E-state index contributed by atoms with van der Waals surface area (Å²) in [5.41, 5.74) is 8.18. The van der Waals surface area contributed by atoms with E-state index in [0.717, 1.165) is 29.3 Å². The molecule has 166 valence electrons. The second-order valence-electron chi connectivity index (χ2n) is 7.99. The molecule has 1 atom stereocenters. The summed E-state index contributed by atoms with van der Waals surface area (Å²) >= 11 is 3.46. The number of carbonyl (C=O) groups excluding carboxylic acids is 2. The molecular formula is C23H33BrN2O4. The molecule has 0 saturated carbocycles. The molecule has 1 aromatic carbocycles. The number of alkyl halides is 1. The Kier molecular flexibility index (Phi) is 10.3. The number of rotatable bonds is 15. The molecule has 1 aliphatic rings. The van der Waals surface area contributed by atoms with E-state index >= 15 is 0 Å². The van der Waals surface area contributed by atoms with E-state index in [1.807, 2.05) is 12.1 Å². The molecular weight excluding hydrogens is 448 g/mol. The second kappa shape index (κ2) is 12.7. The normalized spacial score (nSPS) is 14.0. The SMILES string of the molecule is NC(=O)C(CCC(=O)O)N1Cc2c(CCCCCCCCCCBr)cccc2C1=O. The molecule has 1 aromatic rings. The van der Waals surface area contributed by atoms with Crippen LogP contribution in [0.2, 0.25) is 0 Å². The molecule has 1 unspecified atom stereocenters. The number of primary amides is 1. The van der Waals surface area contributed by atoms with Crippen molar-refractivity contribution in [3.63, 3.8) is 0 Å². The summed E-state index contributed by atoms with van der Waals surface area (Å²) < 4.78 is 0. The first-order valence-corrected chi connectivity index (χ1v) is 12.1. The van der Waals surface area contributed by atoms with Crippen LogP contribution in [0.3, 0.4) is 0 Å². The number of hydrogen-bond acceptors (Lipinski definition) is 3. The predicted octanol–water partition coefficient (Wildman–Crippen LogP) is 4.42. The maximum absolute atomic E-state index is 12.8. The number of fused-ring (bicyclic) bond motifs is 1. The standard InChI is InChI=1S/C23H33BrN2O4/c24-15-8-6-4-2-1-3-5-7-10-17-11-9-12-18-19(17)16-26(23(18)30)20(22(25)29)13-14-21(27)28/h9,11-12,20H,1-8,10,13-16H2,(H2,25,29)(H,27,28). The van der Waals surface area contributed by atoms with Crippen molar-refractivity contribution in [2.45, 2.75) is 83.2 Å². The lowest BCUT2D eigenvalue weighted by atomic mass is 9.98. The van der Waals surface area contributed by atoms with Gasteiger partial charge in [0.15, 0.2) is 0 Å². The van der Waals surface area contributed by atoms with Gasteiger partial charge in [-0.1, -0.05) is 66.6 Å². The first-order valence-electron chi connectivity index (χ1n) is 10.9. The summed E-state index contributed by atoms with van der Waals surface area (Å²) in [6.07, 6.45) is 10.6. The minimum atomic E-state index is -1.01. The Morgan fingerprint density at radius 3 is 2.30 bits per heavy atom. The van der Waals surface area contributed by atoms with E-state index in [9.17, 15) is 14.4 Å². The van der Waals surface area contributed by atoms with Gasteiger partial charge in [-0.3, -0.25) is 14.4 Å². The van der Waals surface area contributed by atoms with E-state index in [2.05, 4.69) is 15.9 Å². The molecule has 2 rings (SSSR count). The van der Waals surface area contributed by atoms with Crippen molar-refractivity contribution in [2.24, 2.45) is 5.73 Å². The first kappa shape index (κ1) is 24.4. The molecule has 0 spiro atoms. The van der Waals surface area contributed by atoms with Gasteiger partial charge in [0, 0.05) is 23.9 Å². The highest BCUT2D eigenvalue weighted by Gasteiger charge is 2.36. The van der Waals surface area contributed by atoms with Gasteiger partial charge in [-0.2, -0.15) is 0 Å². The van der Waals surface area contributed by atoms with Gasteiger partial charge in [-0.15, -0.1) is 0 Å². The summed E-state index contributed by atoms with van der Waals surface area (Å²) in [5.74, 6) is -1.89. The van der Waals surface area contributed by atoms with Crippen LogP contribution in [0, 0.1) is 0 Å². The van der Waals surface area contributed by atoms with Gasteiger partial charge < -0.3 is 15.7 Å². The van der Waals surface area contributed by atoms with E-state index < -0.39 is 17.9 Å². The lowest BCUT2D eigenvalue weighted by Gasteiger charge is -2.24. The fourth-order valence-corrected chi connectivity index (χ4v) is 4.48. The van der Waals surface area contributed by atoms with E-state index in [1.54, 1.807) is 6.07 Å². The van der Waals surface area contributed by atoms with Crippen LogP contribution in [-0.4, -0.2) is 39.2 Å². The van der Waals surface area contributed by atoms with Crippen molar-refractivity contribution in [1.29, 1.82) is 0 Å². The summed E-state index contributed by atoms with van der Waals surface area (Å²) in [4.78, 5) is 37.0. The minimum absolute atomic E-state index is 0.0371. The van der Waals surface area contributed by atoms with Gasteiger partial charge in [0.2, 0.25) is 5.91 Å². The molecule has 2 amide bonds. The van der Waals surface area contributed by atoms with Crippen LogP contribution in [0.4, 0.5) is 0 Å². The van der Waals surface area contributed by atoms with Crippen molar-refractivity contribution in [3.05, 3.63) is 34.9 Å². The number of hydrogen-bond donors (Lipinski definition) is 2. The maximum atomic E-state index is 12.8. The highest BCUT2D eigenvalue weighted by molar-refractivity contribution is 9.09. The average molecular weight is 481 g/mol. The number of amides is 2. The Labute approximate surface area is 187 Å². The highest BCUT2D eigenvalue weighted by Crippen LogP contribution is 2.30. The molecule has 0 aromatic heterocycles. The number of carboxylic acid groups (broad SMARTS) is 1. The molecule has 7 heteroatoms. The number of nitrogens with two attached hydrogens (primary N) is 1. The fraction of sp³-hybridized carbons (Fsp3) is 0.609. The van der Waals surface area contributed by atoms with Crippen LogP contribution in [0.5, 0.6) is 0 Å². The Morgan fingerprint density at radius 1 is 1.07 bits per heavy atom. The van der Waals surface area contributed by atoms with Crippen molar-refractivity contribution >= 4 is 33.7 Å². The topological polar surface area (TPSA) is 101 Å². The molecule has 3 N–H and O–H groups in total.